The van der Waals surface area contributed by atoms with E-state index in [0.29, 0.717) is 12.8 Å². The summed E-state index contributed by atoms with van der Waals surface area (Å²) in [6.45, 7) is 8.69. The Hall–Kier alpha value is -1.10. The third-order valence-corrected chi connectivity index (χ3v) is 3.64. The smallest absolute Gasteiger partial charge is 0.305 e. The second-order valence-electron chi connectivity index (χ2n) is 6.39. The largest absolute Gasteiger partial charge is 0.469 e. The first-order chi connectivity index (χ1) is 10.8. The molecule has 1 amide bonds. The molecular formula is C18H38N2O3. The Morgan fingerprint density at radius 1 is 1.04 bits per heavy atom. The fourth-order valence-corrected chi connectivity index (χ4v) is 1.94. The molecule has 0 atom stereocenters. The molecule has 0 aliphatic rings. The Kier molecular flexibility index (Phi) is 18.1. The second-order valence-corrected chi connectivity index (χ2v) is 6.39. The van der Waals surface area contributed by atoms with Crippen LogP contribution in [0.15, 0.2) is 0 Å². The van der Waals surface area contributed by atoms with Crippen molar-refractivity contribution in [2.45, 2.75) is 72.1 Å². The average Bonchev–Trinajstić information content (AvgIpc) is 2.50. The van der Waals surface area contributed by atoms with Crippen LogP contribution in [0.3, 0.4) is 0 Å². The molecule has 0 aromatic carbocycles. The number of ether oxygens (including phenoxy) is 1. The van der Waals surface area contributed by atoms with Crippen molar-refractivity contribution in [3.63, 3.8) is 0 Å². The number of rotatable bonds is 12. The van der Waals surface area contributed by atoms with Crippen LogP contribution in [-0.4, -0.2) is 44.0 Å². The second kappa shape index (κ2) is 17.3. The molecule has 0 saturated heterocycles. The van der Waals surface area contributed by atoms with Gasteiger partial charge in [-0.2, -0.15) is 0 Å². The molecule has 0 aliphatic carbocycles. The van der Waals surface area contributed by atoms with E-state index >= 15 is 0 Å². The van der Waals surface area contributed by atoms with Gasteiger partial charge in [0, 0.05) is 12.8 Å². The van der Waals surface area contributed by atoms with Crippen LogP contribution in [0.4, 0.5) is 0 Å². The zero-order valence-electron chi connectivity index (χ0n) is 15.9. The molecule has 138 valence electrons. The fourth-order valence-electron chi connectivity index (χ4n) is 1.94. The topological polar surface area (TPSA) is 72.6 Å². The van der Waals surface area contributed by atoms with Crippen molar-refractivity contribution in [3.05, 3.63) is 0 Å². The molecule has 5 nitrogen and oxygen atoms in total. The van der Waals surface area contributed by atoms with Gasteiger partial charge in [0.25, 0.3) is 0 Å². The van der Waals surface area contributed by atoms with Gasteiger partial charge in [0.1, 0.15) is 0 Å². The Balaban J connectivity index is 0. The van der Waals surface area contributed by atoms with E-state index in [2.05, 4.69) is 37.5 Å². The van der Waals surface area contributed by atoms with Gasteiger partial charge in [-0.1, -0.05) is 40.0 Å². The number of carbonyl (C=O) groups excluding carboxylic acids is 2. The highest BCUT2D eigenvalue weighted by Gasteiger charge is 1.99. The van der Waals surface area contributed by atoms with Gasteiger partial charge in [-0.05, 0) is 45.3 Å². The number of primary amides is 1. The van der Waals surface area contributed by atoms with Crippen molar-refractivity contribution in [1.29, 1.82) is 0 Å². The normalized spacial score (nSPS) is 10.4. The molecule has 0 spiro atoms. The Morgan fingerprint density at radius 2 is 1.65 bits per heavy atom. The maximum absolute atomic E-state index is 10.7. The minimum absolute atomic E-state index is 0.0838. The van der Waals surface area contributed by atoms with Gasteiger partial charge in [0.15, 0.2) is 0 Å². The monoisotopic (exact) mass is 330 g/mol. The Morgan fingerprint density at radius 3 is 2.13 bits per heavy atom. The van der Waals surface area contributed by atoms with E-state index in [1.807, 2.05) is 0 Å². The lowest BCUT2D eigenvalue weighted by molar-refractivity contribution is -0.140. The van der Waals surface area contributed by atoms with Crippen LogP contribution >= 0.6 is 0 Å². The van der Waals surface area contributed by atoms with Crippen molar-refractivity contribution in [2.24, 2.45) is 11.7 Å². The summed E-state index contributed by atoms with van der Waals surface area (Å²) in [4.78, 5) is 23.2. The molecule has 0 fully saturated rings. The summed E-state index contributed by atoms with van der Waals surface area (Å²) in [5.74, 6) is 0.506. The molecule has 5 heteroatoms. The van der Waals surface area contributed by atoms with Gasteiger partial charge in [-0.25, -0.2) is 0 Å². The molecule has 0 rings (SSSR count). The third kappa shape index (κ3) is 23.3. The van der Waals surface area contributed by atoms with Crippen molar-refractivity contribution in [3.8, 4) is 0 Å². The third-order valence-electron chi connectivity index (χ3n) is 3.64. The predicted molar refractivity (Wildman–Crippen MR) is 96.2 cm³/mol. The number of nitrogens with zero attached hydrogens (tertiary/aromatic N) is 1. The first-order valence-corrected chi connectivity index (χ1v) is 8.87. The lowest BCUT2D eigenvalue weighted by Gasteiger charge is -2.12. The predicted octanol–water partition coefficient (Wildman–Crippen LogP) is 3.36. The number of methoxy groups -OCH3 is 1. The van der Waals surface area contributed by atoms with Crippen molar-refractivity contribution in [1.82, 2.24) is 4.90 Å². The lowest BCUT2D eigenvalue weighted by Crippen LogP contribution is -2.19. The highest BCUT2D eigenvalue weighted by molar-refractivity contribution is 5.73. The summed E-state index contributed by atoms with van der Waals surface area (Å²) in [7, 11) is 3.51. The van der Waals surface area contributed by atoms with Crippen LogP contribution in [0.1, 0.15) is 72.1 Å². The molecular weight excluding hydrogens is 292 g/mol. The molecule has 0 heterocycles. The first-order valence-electron chi connectivity index (χ1n) is 8.87. The van der Waals surface area contributed by atoms with Crippen LogP contribution in [0.5, 0.6) is 0 Å². The Labute approximate surface area is 142 Å². The molecule has 0 unspecified atom stereocenters. The van der Waals surface area contributed by atoms with Crippen molar-refractivity contribution in [2.75, 3.05) is 27.2 Å². The van der Waals surface area contributed by atoms with Crippen LogP contribution in [0.25, 0.3) is 0 Å². The van der Waals surface area contributed by atoms with Gasteiger partial charge >= 0.3 is 5.97 Å². The number of nitrogens with two attached hydrogens (primary N) is 1. The molecule has 0 aromatic rings. The molecule has 0 saturated carbocycles. The zero-order chi connectivity index (χ0) is 18.1. The van der Waals surface area contributed by atoms with Crippen LogP contribution in [0, 0.1) is 5.92 Å². The number of amides is 1. The van der Waals surface area contributed by atoms with Crippen LogP contribution < -0.4 is 5.73 Å². The van der Waals surface area contributed by atoms with Crippen LogP contribution in [-0.2, 0) is 14.3 Å². The van der Waals surface area contributed by atoms with Crippen molar-refractivity contribution < 1.29 is 14.3 Å². The minimum Gasteiger partial charge on any atom is -0.469 e. The minimum atomic E-state index is -0.191. The molecule has 0 aliphatic heterocycles. The molecule has 0 aromatic heterocycles. The van der Waals surface area contributed by atoms with Gasteiger partial charge < -0.3 is 15.4 Å². The van der Waals surface area contributed by atoms with E-state index in [4.69, 9.17) is 5.73 Å². The summed E-state index contributed by atoms with van der Waals surface area (Å²) in [5.41, 5.74) is 4.99. The molecule has 0 bridgehead atoms. The average molecular weight is 331 g/mol. The van der Waals surface area contributed by atoms with E-state index in [1.54, 1.807) is 0 Å². The van der Waals surface area contributed by atoms with Gasteiger partial charge in [-0.15, -0.1) is 0 Å². The SMILES string of the molecule is CCN(C)CCCCC(N)=O.COC(=O)CCCCCC(C)C. The zero-order valence-corrected chi connectivity index (χ0v) is 15.9. The number of unbranched alkanes of at least 4 members (excludes halogenated alkanes) is 3. The molecule has 0 radical (unpaired) electrons. The summed E-state index contributed by atoms with van der Waals surface area (Å²) < 4.78 is 4.54. The van der Waals surface area contributed by atoms with Gasteiger partial charge in [0.2, 0.25) is 5.91 Å². The van der Waals surface area contributed by atoms with Gasteiger partial charge in [-0.3, -0.25) is 9.59 Å². The highest BCUT2D eigenvalue weighted by Crippen LogP contribution is 2.09. The van der Waals surface area contributed by atoms with Crippen molar-refractivity contribution >= 4 is 11.9 Å². The quantitative estimate of drug-likeness (QED) is 0.440. The number of hydrogen-bond acceptors (Lipinski definition) is 4. The molecule has 2 N–H and O–H groups in total. The number of esters is 1. The highest BCUT2D eigenvalue weighted by atomic mass is 16.5. The standard InChI is InChI=1S/C10H20O2.C8H18N2O/c1-9(2)7-5-4-6-8-10(11)12-3;1-3-10(2)7-5-4-6-8(9)11/h9H,4-8H2,1-3H3;3-7H2,1-2H3,(H2,9,11). The molecule has 23 heavy (non-hydrogen) atoms. The summed E-state index contributed by atoms with van der Waals surface area (Å²) in [5, 5.41) is 0. The number of carbonyl (C=O) groups is 2. The van der Waals surface area contributed by atoms with E-state index < -0.39 is 0 Å². The van der Waals surface area contributed by atoms with E-state index in [-0.39, 0.29) is 11.9 Å². The lowest BCUT2D eigenvalue weighted by atomic mass is 10.0. The van der Waals surface area contributed by atoms with Gasteiger partial charge in [0.05, 0.1) is 7.11 Å². The number of hydrogen-bond donors (Lipinski definition) is 1. The summed E-state index contributed by atoms with van der Waals surface area (Å²) in [6, 6.07) is 0. The first kappa shape index (κ1) is 24.2. The summed E-state index contributed by atoms with van der Waals surface area (Å²) in [6.07, 6.45) is 7.70. The maximum atomic E-state index is 10.7. The van der Waals surface area contributed by atoms with Crippen LogP contribution in [0.2, 0.25) is 0 Å². The maximum Gasteiger partial charge on any atom is 0.305 e. The van der Waals surface area contributed by atoms with E-state index in [0.717, 1.165) is 44.7 Å². The Bertz CT molecular complexity index is 294. The van der Waals surface area contributed by atoms with E-state index in [9.17, 15) is 9.59 Å². The van der Waals surface area contributed by atoms with E-state index in [1.165, 1.54) is 20.0 Å². The fraction of sp³-hybridized carbons (Fsp3) is 0.889. The summed E-state index contributed by atoms with van der Waals surface area (Å²) >= 11 is 0.